The Kier molecular flexibility index (Phi) is 4.04. The van der Waals surface area contributed by atoms with Gasteiger partial charge in [0.2, 0.25) is 0 Å². The average molecular weight is 373 g/mol. The smallest absolute Gasteiger partial charge is 0.135 e. The second-order valence-corrected chi connectivity index (χ2v) is 8.13. The summed E-state index contributed by atoms with van der Waals surface area (Å²) < 4.78 is 0. The van der Waals surface area contributed by atoms with Crippen molar-refractivity contribution in [2.45, 2.75) is 51.5 Å². The molecule has 1 aromatic heterocycles. The van der Waals surface area contributed by atoms with Crippen LogP contribution in [0.3, 0.4) is 0 Å². The number of phenols is 1. The van der Waals surface area contributed by atoms with E-state index in [0.29, 0.717) is 11.8 Å². The monoisotopic (exact) mass is 373 g/mol. The van der Waals surface area contributed by atoms with Crippen LogP contribution in [0.2, 0.25) is 0 Å². The molecule has 6 nitrogen and oxygen atoms in total. The highest BCUT2D eigenvalue weighted by atomic mass is 16.3. The lowest BCUT2D eigenvalue weighted by Gasteiger charge is -2.34. The summed E-state index contributed by atoms with van der Waals surface area (Å²) in [5.74, 6) is 0.936. The largest absolute Gasteiger partial charge is 0.506 e. The van der Waals surface area contributed by atoms with E-state index in [2.05, 4.69) is 9.99 Å². The zero-order chi connectivity index (χ0) is 19.3. The van der Waals surface area contributed by atoms with Crippen LogP contribution in [-0.2, 0) is 6.42 Å². The maximum absolute atomic E-state index is 10.2. The molecule has 0 saturated heterocycles. The van der Waals surface area contributed by atoms with Crippen LogP contribution in [0.15, 0.2) is 29.5 Å². The lowest BCUT2D eigenvalue weighted by molar-refractivity contribution is 0.352. The van der Waals surface area contributed by atoms with Gasteiger partial charge in [0.1, 0.15) is 17.5 Å². The van der Waals surface area contributed by atoms with Crippen molar-refractivity contribution in [3.05, 3.63) is 47.0 Å². The topological polar surface area (TPSA) is 85.4 Å². The molecule has 2 aliphatic carbocycles. The standard InChI is InChI=1S/C22H23N5O/c1-13-12-24-21-18(25-13)9-8-17-20(21)26-27(22(17)14-4-2-3-5-14)16-7-6-15(11-23)19(28)10-16/h6-7,10,12,14,17,22,28H,2-5,8-9H2,1H3. The minimum atomic E-state index is 0.0102. The molecular weight excluding hydrogens is 350 g/mol. The Morgan fingerprint density at radius 1 is 1.21 bits per heavy atom. The minimum Gasteiger partial charge on any atom is -0.506 e. The number of phenolic OH excluding ortho intramolecular Hbond substituents is 1. The van der Waals surface area contributed by atoms with Gasteiger partial charge in [-0.2, -0.15) is 10.4 Å². The molecule has 6 heteroatoms. The van der Waals surface area contributed by atoms with Crippen molar-refractivity contribution >= 4 is 11.4 Å². The summed E-state index contributed by atoms with van der Waals surface area (Å²) in [5, 5.41) is 26.5. The second kappa shape index (κ2) is 6.59. The first kappa shape index (κ1) is 17.2. The van der Waals surface area contributed by atoms with Gasteiger partial charge in [0, 0.05) is 18.2 Å². The van der Waals surface area contributed by atoms with Gasteiger partial charge in [-0.25, -0.2) is 0 Å². The first-order valence-electron chi connectivity index (χ1n) is 10.1. The Morgan fingerprint density at radius 2 is 2.04 bits per heavy atom. The molecule has 1 N–H and O–H groups in total. The third kappa shape index (κ3) is 2.65. The molecule has 2 heterocycles. The lowest BCUT2D eigenvalue weighted by Crippen LogP contribution is -2.41. The fourth-order valence-electron chi connectivity index (χ4n) is 5.14. The number of benzene rings is 1. The summed E-state index contributed by atoms with van der Waals surface area (Å²) >= 11 is 0. The van der Waals surface area contributed by atoms with Crippen LogP contribution in [0.1, 0.15) is 54.7 Å². The van der Waals surface area contributed by atoms with Gasteiger partial charge in [-0.05, 0) is 50.7 Å². The van der Waals surface area contributed by atoms with Gasteiger partial charge < -0.3 is 5.11 Å². The van der Waals surface area contributed by atoms with E-state index in [4.69, 9.17) is 15.3 Å². The van der Waals surface area contributed by atoms with Gasteiger partial charge in [-0.3, -0.25) is 15.0 Å². The summed E-state index contributed by atoms with van der Waals surface area (Å²) in [4.78, 5) is 9.38. The number of hydrazone groups is 1. The quantitative estimate of drug-likeness (QED) is 0.867. The summed E-state index contributed by atoms with van der Waals surface area (Å²) in [7, 11) is 0. The van der Waals surface area contributed by atoms with Crippen LogP contribution in [0.5, 0.6) is 5.75 Å². The van der Waals surface area contributed by atoms with E-state index in [1.807, 2.05) is 25.3 Å². The number of aryl methyl sites for hydroxylation is 2. The molecule has 1 aromatic carbocycles. The fraction of sp³-hybridized carbons (Fsp3) is 0.455. The molecule has 2 atom stereocenters. The molecule has 1 saturated carbocycles. The first-order valence-corrected chi connectivity index (χ1v) is 10.1. The Hall–Kier alpha value is -2.94. The van der Waals surface area contributed by atoms with Crippen LogP contribution in [0.4, 0.5) is 5.69 Å². The van der Waals surface area contributed by atoms with Crippen LogP contribution in [-0.4, -0.2) is 26.8 Å². The van der Waals surface area contributed by atoms with E-state index in [1.165, 1.54) is 25.7 Å². The van der Waals surface area contributed by atoms with E-state index in [0.717, 1.165) is 41.3 Å². The summed E-state index contributed by atoms with van der Waals surface area (Å²) in [6.45, 7) is 1.98. The number of aromatic nitrogens is 2. The van der Waals surface area contributed by atoms with Crippen molar-refractivity contribution in [3.8, 4) is 11.8 Å². The van der Waals surface area contributed by atoms with Crippen molar-refractivity contribution in [3.63, 3.8) is 0 Å². The van der Waals surface area contributed by atoms with Crippen LogP contribution >= 0.6 is 0 Å². The van der Waals surface area contributed by atoms with Gasteiger partial charge >= 0.3 is 0 Å². The summed E-state index contributed by atoms with van der Waals surface area (Å²) in [5.41, 5.74) is 5.09. The Morgan fingerprint density at radius 3 is 2.79 bits per heavy atom. The number of hydrogen-bond acceptors (Lipinski definition) is 6. The Bertz CT molecular complexity index is 1000. The van der Waals surface area contributed by atoms with Crippen molar-refractivity contribution in [1.29, 1.82) is 5.26 Å². The first-order chi connectivity index (χ1) is 13.7. The number of hydrogen-bond donors (Lipinski definition) is 1. The van der Waals surface area contributed by atoms with E-state index in [1.54, 1.807) is 12.1 Å². The van der Waals surface area contributed by atoms with E-state index in [9.17, 15) is 5.11 Å². The van der Waals surface area contributed by atoms with E-state index in [-0.39, 0.29) is 17.4 Å². The highest BCUT2D eigenvalue weighted by Crippen LogP contribution is 2.44. The number of anilines is 1. The molecule has 1 aliphatic heterocycles. The van der Waals surface area contributed by atoms with E-state index >= 15 is 0 Å². The summed E-state index contributed by atoms with van der Waals surface area (Å²) in [6.07, 6.45) is 8.76. The predicted octanol–water partition coefficient (Wildman–Crippen LogP) is 3.71. The maximum atomic E-state index is 10.2. The van der Waals surface area contributed by atoms with Crippen LogP contribution < -0.4 is 5.01 Å². The molecule has 142 valence electrons. The fourth-order valence-corrected chi connectivity index (χ4v) is 5.14. The number of aromatic hydroxyl groups is 1. The van der Waals surface area contributed by atoms with Crippen LogP contribution in [0.25, 0.3) is 0 Å². The van der Waals surface area contributed by atoms with Crippen molar-refractivity contribution < 1.29 is 5.11 Å². The molecule has 0 amide bonds. The summed E-state index contributed by atoms with van der Waals surface area (Å²) in [6, 6.07) is 7.54. The second-order valence-electron chi connectivity index (χ2n) is 8.13. The maximum Gasteiger partial charge on any atom is 0.135 e. The number of rotatable bonds is 2. The van der Waals surface area contributed by atoms with Crippen LogP contribution in [0, 0.1) is 30.1 Å². The lowest BCUT2D eigenvalue weighted by atomic mass is 9.77. The van der Waals surface area contributed by atoms with E-state index < -0.39 is 0 Å². The highest BCUT2D eigenvalue weighted by Gasteiger charge is 2.46. The molecular formula is C22H23N5O. The molecule has 2 aromatic rings. The SMILES string of the molecule is Cc1cnc2c(n1)CCC1C2=NN(c2ccc(C#N)c(O)c2)C1C1CCCC1. The molecule has 0 bridgehead atoms. The van der Waals surface area contributed by atoms with Gasteiger partial charge in [0.25, 0.3) is 0 Å². The molecule has 5 rings (SSSR count). The average Bonchev–Trinajstić information content (AvgIpc) is 3.34. The zero-order valence-electron chi connectivity index (χ0n) is 16.0. The van der Waals surface area contributed by atoms with Gasteiger partial charge in [0.15, 0.2) is 0 Å². The van der Waals surface area contributed by atoms with Crippen molar-refractivity contribution in [2.24, 2.45) is 16.9 Å². The Balaban J connectivity index is 1.60. The third-order valence-electron chi connectivity index (χ3n) is 6.41. The van der Waals surface area contributed by atoms with Crippen molar-refractivity contribution in [1.82, 2.24) is 9.97 Å². The molecule has 2 unspecified atom stereocenters. The van der Waals surface area contributed by atoms with Crippen molar-refractivity contribution in [2.75, 3.05) is 5.01 Å². The highest BCUT2D eigenvalue weighted by molar-refractivity contribution is 6.05. The molecule has 3 aliphatic rings. The molecule has 0 radical (unpaired) electrons. The predicted molar refractivity (Wildman–Crippen MR) is 106 cm³/mol. The number of fused-ring (bicyclic) bond motifs is 3. The van der Waals surface area contributed by atoms with Gasteiger partial charge in [-0.1, -0.05) is 12.8 Å². The third-order valence-corrected chi connectivity index (χ3v) is 6.41. The zero-order valence-corrected chi connectivity index (χ0v) is 16.0. The molecule has 0 spiro atoms. The Labute approximate surface area is 164 Å². The number of nitrogens with zero attached hydrogens (tertiary/aromatic N) is 5. The molecule has 1 fully saturated rings. The minimum absolute atomic E-state index is 0.0102. The molecule has 28 heavy (non-hydrogen) atoms. The number of nitriles is 1. The van der Waals surface area contributed by atoms with Gasteiger partial charge in [-0.15, -0.1) is 0 Å². The van der Waals surface area contributed by atoms with Gasteiger partial charge in [0.05, 0.1) is 34.4 Å². The normalized spacial score (nSPS) is 23.9.